The number of carbonyl (C=O) groups is 2. The molecule has 0 N–H and O–H groups in total. The Morgan fingerprint density at radius 1 is 1.07 bits per heavy atom. The van der Waals surface area contributed by atoms with Gasteiger partial charge in [0.05, 0.1) is 13.7 Å². The molecule has 0 bridgehead atoms. The second-order valence-corrected chi connectivity index (χ2v) is 7.82. The number of nitrogens with zero attached hydrogens (tertiary/aromatic N) is 2. The lowest BCUT2D eigenvalue weighted by Crippen LogP contribution is -2.39. The average molecular weight is 405 g/mol. The van der Waals surface area contributed by atoms with Crippen molar-refractivity contribution < 1.29 is 23.8 Å². The second-order valence-electron chi connectivity index (χ2n) is 7.82. The average Bonchev–Trinajstić information content (AvgIpc) is 2.92. The van der Waals surface area contributed by atoms with Gasteiger partial charge in [-0.25, -0.2) is 4.79 Å². The van der Waals surface area contributed by atoms with Crippen molar-refractivity contribution in [1.82, 2.24) is 9.80 Å². The van der Waals surface area contributed by atoms with Crippen LogP contribution in [0.4, 0.5) is 4.79 Å². The van der Waals surface area contributed by atoms with Crippen molar-refractivity contribution in [3.05, 3.63) is 29.8 Å². The zero-order chi connectivity index (χ0) is 21.4. The highest BCUT2D eigenvalue weighted by molar-refractivity contribution is 5.92. The molecular formula is C22H32N2O5. The van der Waals surface area contributed by atoms with E-state index in [4.69, 9.17) is 14.2 Å². The van der Waals surface area contributed by atoms with Gasteiger partial charge >= 0.3 is 6.09 Å². The highest BCUT2D eigenvalue weighted by Crippen LogP contribution is 2.28. The molecule has 1 saturated heterocycles. The molecule has 29 heavy (non-hydrogen) atoms. The number of benzene rings is 1. The number of hydrogen-bond donors (Lipinski definition) is 0. The first-order chi connectivity index (χ1) is 13.7. The van der Waals surface area contributed by atoms with Crippen LogP contribution in [0.3, 0.4) is 0 Å². The van der Waals surface area contributed by atoms with E-state index in [-0.39, 0.29) is 12.0 Å². The quantitative estimate of drug-likeness (QED) is 0.702. The fourth-order valence-corrected chi connectivity index (χ4v) is 2.98. The van der Waals surface area contributed by atoms with Gasteiger partial charge in [0.25, 0.3) is 0 Å². The standard InChI is InChI=1S/C22H32N2O5/c1-6-28-18-10-8-17(16-19(18)27-5)9-11-20(25)23-12-7-13-24(15-14-23)21(26)29-22(2,3)4/h8-11,16H,6-7,12-15H2,1-5H3/b11-9+. The summed E-state index contributed by atoms with van der Waals surface area (Å²) in [6.45, 7) is 10.1. The van der Waals surface area contributed by atoms with E-state index in [1.165, 1.54) is 0 Å². The van der Waals surface area contributed by atoms with Crippen molar-refractivity contribution in [2.75, 3.05) is 39.9 Å². The van der Waals surface area contributed by atoms with Gasteiger partial charge in [-0.1, -0.05) is 6.07 Å². The lowest BCUT2D eigenvalue weighted by molar-refractivity contribution is -0.125. The molecule has 2 amide bonds. The smallest absolute Gasteiger partial charge is 0.410 e. The van der Waals surface area contributed by atoms with Crippen LogP contribution in [0.5, 0.6) is 11.5 Å². The Morgan fingerprint density at radius 2 is 1.76 bits per heavy atom. The number of hydrogen-bond acceptors (Lipinski definition) is 5. The van der Waals surface area contributed by atoms with Gasteiger partial charge in [-0.3, -0.25) is 4.79 Å². The molecule has 0 aromatic heterocycles. The van der Waals surface area contributed by atoms with Crippen molar-refractivity contribution >= 4 is 18.1 Å². The van der Waals surface area contributed by atoms with Gasteiger partial charge in [0.2, 0.25) is 5.91 Å². The van der Waals surface area contributed by atoms with Crippen LogP contribution in [-0.4, -0.2) is 67.3 Å². The summed E-state index contributed by atoms with van der Waals surface area (Å²) in [7, 11) is 1.59. The van der Waals surface area contributed by atoms with Crippen LogP contribution in [0, 0.1) is 0 Å². The van der Waals surface area contributed by atoms with E-state index in [0.29, 0.717) is 44.3 Å². The van der Waals surface area contributed by atoms with E-state index >= 15 is 0 Å². The molecule has 0 radical (unpaired) electrons. The normalized spacial score (nSPS) is 15.2. The van der Waals surface area contributed by atoms with E-state index in [0.717, 1.165) is 12.0 Å². The zero-order valence-electron chi connectivity index (χ0n) is 18.1. The largest absolute Gasteiger partial charge is 0.493 e. The molecule has 160 valence electrons. The number of ether oxygens (including phenoxy) is 3. The van der Waals surface area contributed by atoms with E-state index < -0.39 is 5.60 Å². The molecule has 1 aromatic carbocycles. The monoisotopic (exact) mass is 404 g/mol. The van der Waals surface area contributed by atoms with E-state index in [2.05, 4.69) is 0 Å². The maximum atomic E-state index is 12.6. The number of methoxy groups -OCH3 is 1. The fourth-order valence-electron chi connectivity index (χ4n) is 2.98. The summed E-state index contributed by atoms with van der Waals surface area (Å²) < 4.78 is 16.3. The van der Waals surface area contributed by atoms with Crippen molar-refractivity contribution in [1.29, 1.82) is 0 Å². The van der Waals surface area contributed by atoms with E-state index in [1.807, 2.05) is 45.9 Å². The summed E-state index contributed by atoms with van der Waals surface area (Å²) in [5.74, 6) is 1.22. The Kier molecular flexibility index (Phi) is 7.93. The first kappa shape index (κ1) is 22.6. The van der Waals surface area contributed by atoms with Crippen LogP contribution in [0.1, 0.15) is 39.7 Å². The molecule has 0 aliphatic carbocycles. The van der Waals surface area contributed by atoms with Crippen LogP contribution in [0.25, 0.3) is 6.08 Å². The Labute approximate surface area is 173 Å². The third kappa shape index (κ3) is 7.00. The predicted octanol–water partition coefficient (Wildman–Crippen LogP) is 3.58. The molecule has 7 heteroatoms. The Morgan fingerprint density at radius 3 is 2.41 bits per heavy atom. The Balaban J connectivity index is 1.96. The van der Waals surface area contributed by atoms with Gasteiger partial charge in [-0.15, -0.1) is 0 Å². The highest BCUT2D eigenvalue weighted by atomic mass is 16.6. The molecule has 1 aliphatic heterocycles. The molecule has 7 nitrogen and oxygen atoms in total. The summed E-state index contributed by atoms with van der Waals surface area (Å²) in [6, 6.07) is 5.54. The predicted molar refractivity (Wildman–Crippen MR) is 112 cm³/mol. The molecule has 1 fully saturated rings. The van der Waals surface area contributed by atoms with E-state index in [9.17, 15) is 9.59 Å². The third-order valence-electron chi connectivity index (χ3n) is 4.37. The summed E-state index contributed by atoms with van der Waals surface area (Å²) in [4.78, 5) is 28.3. The molecule has 1 heterocycles. The minimum atomic E-state index is -0.527. The molecule has 0 atom stereocenters. The van der Waals surface area contributed by atoms with Crippen LogP contribution < -0.4 is 9.47 Å². The van der Waals surface area contributed by atoms with Crippen LogP contribution in [0.15, 0.2) is 24.3 Å². The van der Waals surface area contributed by atoms with Crippen LogP contribution in [-0.2, 0) is 9.53 Å². The lowest BCUT2D eigenvalue weighted by Gasteiger charge is -2.26. The number of amides is 2. The molecule has 2 rings (SSSR count). The Bertz CT molecular complexity index is 739. The zero-order valence-corrected chi connectivity index (χ0v) is 18.1. The lowest BCUT2D eigenvalue weighted by atomic mass is 10.2. The van der Waals surface area contributed by atoms with Crippen LogP contribution >= 0.6 is 0 Å². The van der Waals surface area contributed by atoms with Crippen LogP contribution in [0.2, 0.25) is 0 Å². The molecule has 0 saturated carbocycles. The topological polar surface area (TPSA) is 68.3 Å². The third-order valence-corrected chi connectivity index (χ3v) is 4.37. The molecule has 1 aliphatic rings. The maximum absolute atomic E-state index is 12.6. The summed E-state index contributed by atoms with van der Waals surface area (Å²) in [6.07, 6.45) is 3.70. The minimum absolute atomic E-state index is 0.0797. The van der Waals surface area contributed by atoms with Crippen molar-refractivity contribution in [2.24, 2.45) is 0 Å². The molecular weight excluding hydrogens is 372 g/mol. The Hall–Kier alpha value is -2.70. The van der Waals surface area contributed by atoms with Gasteiger partial charge in [0.15, 0.2) is 11.5 Å². The summed E-state index contributed by atoms with van der Waals surface area (Å²) >= 11 is 0. The van der Waals surface area contributed by atoms with E-state index in [1.54, 1.807) is 29.1 Å². The summed E-state index contributed by atoms with van der Waals surface area (Å²) in [5, 5.41) is 0. The maximum Gasteiger partial charge on any atom is 0.410 e. The van der Waals surface area contributed by atoms with Gasteiger partial charge in [-0.05, 0) is 57.9 Å². The highest BCUT2D eigenvalue weighted by Gasteiger charge is 2.25. The van der Waals surface area contributed by atoms with Crippen molar-refractivity contribution in [3.63, 3.8) is 0 Å². The van der Waals surface area contributed by atoms with Gasteiger partial charge in [0.1, 0.15) is 5.60 Å². The number of rotatable bonds is 5. The summed E-state index contributed by atoms with van der Waals surface area (Å²) in [5.41, 5.74) is 0.323. The SMILES string of the molecule is CCOc1ccc(/C=C/C(=O)N2CCCN(C(=O)OC(C)(C)C)CC2)cc1OC. The fraction of sp³-hybridized carbons (Fsp3) is 0.545. The van der Waals surface area contributed by atoms with Gasteiger partial charge in [-0.2, -0.15) is 0 Å². The molecule has 0 spiro atoms. The van der Waals surface area contributed by atoms with Crippen molar-refractivity contribution in [2.45, 2.75) is 39.7 Å². The van der Waals surface area contributed by atoms with Gasteiger partial charge < -0.3 is 24.0 Å². The van der Waals surface area contributed by atoms with Crippen molar-refractivity contribution in [3.8, 4) is 11.5 Å². The minimum Gasteiger partial charge on any atom is -0.493 e. The molecule has 0 unspecified atom stereocenters. The molecule has 1 aromatic rings. The second kappa shape index (κ2) is 10.2. The first-order valence-electron chi connectivity index (χ1n) is 9.99. The first-order valence-corrected chi connectivity index (χ1v) is 9.99. The number of carbonyl (C=O) groups excluding carboxylic acids is 2. The van der Waals surface area contributed by atoms with Gasteiger partial charge in [0, 0.05) is 32.3 Å².